The summed E-state index contributed by atoms with van der Waals surface area (Å²) in [7, 11) is 0. The zero-order chi connectivity index (χ0) is 14.5. The molecule has 0 spiro atoms. The first-order chi connectivity index (χ1) is 9.35. The molecule has 20 heavy (non-hydrogen) atoms. The Balaban J connectivity index is 2.02. The smallest absolute Gasteiger partial charge is 0.282 e. The van der Waals surface area contributed by atoms with E-state index in [0.717, 1.165) is 0 Å². The average molecular weight is 285 g/mol. The number of halogens is 3. The standard InChI is InChI=1S/C13H14F3N3O/c14-9-2-1-6(17)3-7(9)11-8-4-13(15,16)5-10(8)20-12(18)19-11/h1-3,8,10-11H,4-5,17H2,(H2,18,19). The number of hydrogen-bond donors (Lipinski definition) is 2. The lowest BCUT2D eigenvalue weighted by molar-refractivity contribution is -0.00249. The van der Waals surface area contributed by atoms with Crippen LogP contribution in [0.4, 0.5) is 18.9 Å². The van der Waals surface area contributed by atoms with Crippen LogP contribution in [0.2, 0.25) is 0 Å². The van der Waals surface area contributed by atoms with E-state index in [1.807, 2.05) is 0 Å². The quantitative estimate of drug-likeness (QED) is 0.777. The minimum Gasteiger partial charge on any atom is -0.461 e. The molecule has 0 bridgehead atoms. The second kappa shape index (κ2) is 4.29. The third-order valence-electron chi connectivity index (χ3n) is 3.79. The second-order valence-corrected chi connectivity index (χ2v) is 5.28. The van der Waals surface area contributed by atoms with Gasteiger partial charge in [0.15, 0.2) is 0 Å². The number of nitrogens with zero attached hydrogens (tertiary/aromatic N) is 1. The molecular weight excluding hydrogens is 271 g/mol. The molecule has 0 radical (unpaired) electrons. The predicted molar refractivity (Wildman–Crippen MR) is 67.7 cm³/mol. The van der Waals surface area contributed by atoms with E-state index in [2.05, 4.69) is 4.99 Å². The topological polar surface area (TPSA) is 73.6 Å². The first-order valence-electron chi connectivity index (χ1n) is 6.28. The van der Waals surface area contributed by atoms with Gasteiger partial charge in [0, 0.05) is 30.0 Å². The molecule has 4 nitrogen and oxygen atoms in total. The van der Waals surface area contributed by atoms with Crippen molar-refractivity contribution >= 4 is 11.7 Å². The minimum atomic E-state index is -2.84. The SMILES string of the molecule is NC1=NC(c2cc(N)ccc2F)C2CC(F)(F)CC2O1. The van der Waals surface area contributed by atoms with Gasteiger partial charge in [-0.3, -0.25) is 0 Å². The van der Waals surface area contributed by atoms with Crippen LogP contribution in [0, 0.1) is 11.7 Å². The van der Waals surface area contributed by atoms with Crippen LogP contribution in [-0.4, -0.2) is 18.0 Å². The zero-order valence-corrected chi connectivity index (χ0v) is 10.5. The number of benzene rings is 1. The van der Waals surface area contributed by atoms with Crippen LogP contribution in [0.1, 0.15) is 24.4 Å². The lowest BCUT2D eigenvalue weighted by Gasteiger charge is -2.30. The normalized spacial score (nSPS) is 31.4. The third kappa shape index (κ3) is 2.17. The number of ether oxygens (including phenoxy) is 1. The van der Waals surface area contributed by atoms with Crippen molar-refractivity contribution < 1.29 is 17.9 Å². The maximum Gasteiger partial charge on any atom is 0.282 e. The van der Waals surface area contributed by atoms with Crippen molar-refractivity contribution in [1.82, 2.24) is 0 Å². The van der Waals surface area contributed by atoms with E-state index in [1.165, 1.54) is 18.2 Å². The molecule has 1 aromatic rings. The molecule has 3 unspecified atom stereocenters. The van der Waals surface area contributed by atoms with Crippen molar-refractivity contribution in [1.29, 1.82) is 0 Å². The highest BCUT2D eigenvalue weighted by atomic mass is 19.3. The maximum atomic E-state index is 13.9. The molecule has 3 rings (SSSR count). The van der Waals surface area contributed by atoms with Gasteiger partial charge in [0.25, 0.3) is 11.9 Å². The summed E-state index contributed by atoms with van der Waals surface area (Å²) >= 11 is 0. The molecule has 108 valence electrons. The van der Waals surface area contributed by atoms with E-state index in [9.17, 15) is 13.2 Å². The van der Waals surface area contributed by atoms with Crippen LogP contribution < -0.4 is 11.5 Å². The van der Waals surface area contributed by atoms with E-state index < -0.39 is 42.6 Å². The van der Waals surface area contributed by atoms with Gasteiger partial charge in [0.2, 0.25) is 0 Å². The van der Waals surface area contributed by atoms with Crippen molar-refractivity contribution in [3.05, 3.63) is 29.6 Å². The van der Waals surface area contributed by atoms with E-state index in [-0.39, 0.29) is 11.6 Å². The van der Waals surface area contributed by atoms with Gasteiger partial charge in [0.1, 0.15) is 11.9 Å². The molecule has 4 N–H and O–H groups in total. The highest BCUT2D eigenvalue weighted by Crippen LogP contribution is 2.49. The highest BCUT2D eigenvalue weighted by molar-refractivity contribution is 5.73. The minimum absolute atomic E-state index is 0.184. The van der Waals surface area contributed by atoms with Gasteiger partial charge in [-0.15, -0.1) is 0 Å². The van der Waals surface area contributed by atoms with Gasteiger partial charge in [-0.1, -0.05) is 0 Å². The Morgan fingerprint density at radius 3 is 2.75 bits per heavy atom. The number of anilines is 1. The molecule has 0 aromatic heterocycles. The average Bonchev–Trinajstić information content (AvgIpc) is 2.65. The fraction of sp³-hybridized carbons (Fsp3) is 0.462. The number of nitrogens with two attached hydrogens (primary N) is 2. The largest absolute Gasteiger partial charge is 0.461 e. The van der Waals surface area contributed by atoms with Crippen LogP contribution in [0.15, 0.2) is 23.2 Å². The maximum absolute atomic E-state index is 13.9. The van der Waals surface area contributed by atoms with Gasteiger partial charge in [0.05, 0.1) is 6.04 Å². The van der Waals surface area contributed by atoms with E-state index in [0.29, 0.717) is 5.69 Å². The Bertz CT molecular complexity index is 576. The third-order valence-corrected chi connectivity index (χ3v) is 3.79. The van der Waals surface area contributed by atoms with Crippen LogP contribution in [0.3, 0.4) is 0 Å². The monoisotopic (exact) mass is 285 g/mol. The summed E-state index contributed by atoms with van der Waals surface area (Å²) in [5.41, 5.74) is 11.7. The molecule has 7 heteroatoms. The summed E-state index contributed by atoms with van der Waals surface area (Å²) in [5.74, 6) is -3.98. The van der Waals surface area contributed by atoms with Gasteiger partial charge in [-0.25, -0.2) is 18.2 Å². The van der Waals surface area contributed by atoms with Crippen molar-refractivity contribution in [2.45, 2.75) is 30.9 Å². The van der Waals surface area contributed by atoms with Gasteiger partial charge in [-0.05, 0) is 18.2 Å². The van der Waals surface area contributed by atoms with Crippen molar-refractivity contribution in [3.8, 4) is 0 Å². The van der Waals surface area contributed by atoms with Crippen LogP contribution in [-0.2, 0) is 4.74 Å². The van der Waals surface area contributed by atoms with E-state index >= 15 is 0 Å². The molecule has 1 aromatic carbocycles. The van der Waals surface area contributed by atoms with Gasteiger partial charge in [-0.2, -0.15) is 0 Å². The molecule has 1 saturated carbocycles. The Morgan fingerprint density at radius 2 is 2.00 bits per heavy atom. The van der Waals surface area contributed by atoms with Crippen LogP contribution in [0.5, 0.6) is 0 Å². The summed E-state index contributed by atoms with van der Waals surface area (Å²) in [5, 5.41) is 0. The predicted octanol–water partition coefficient (Wildman–Crippen LogP) is 2.21. The van der Waals surface area contributed by atoms with Crippen molar-refractivity contribution in [2.75, 3.05) is 5.73 Å². The first-order valence-corrected chi connectivity index (χ1v) is 6.28. The molecular formula is C13H14F3N3O. The van der Waals surface area contributed by atoms with Crippen molar-refractivity contribution in [2.24, 2.45) is 16.6 Å². The molecule has 0 amide bonds. The first kappa shape index (κ1) is 13.1. The van der Waals surface area contributed by atoms with Crippen LogP contribution >= 0.6 is 0 Å². The number of fused-ring (bicyclic) bond motifs is 1. The van der Waals surface area contributed by atoms with Gasteiger partial charge >= 0.3 is 0 Å². The summed E-state index contributed by atoms with van der Waals surface area (Å²) < 4.78 is 46.2. The van der Waals surface area contributed by atoms with E-state index in [4.69, 9.17) is 16.2 Å². The second-order valence-electron chi connectivity index (χ2n) is 5.28. The molecule has 2 aliphatic rings. The molecule has 3 atom stereocenters. The zero-order valence-electron chi connectivity index (χ0n) is 10.5. The lowest BCUT2D eigenvalue weighted by atomic mass is 9.89. The summed E-state index contributed by atoms with van der Waals surface area (Å²) in [6.45, 7) is 0. The number of alkyl halides is 2. The molecule has 1 fully saturated rings. The molecule has 1 heterocycles. The number of rotatable bonds is 1. The summed E-state index contributed by atoms with van der Waals surface area (Å²) in [6.07, 6.45) is -1.56. The Labute approximate surface area is 113 Å². The Morgan fingerprint density at radius 1 is 1.25 bits per heavy atom. The Kier molecular flexibility index (Phi) is 2.81. The molecule has 1 aliphatic carbocycles. The summed E-state index contributed by atoms with van der Waals surface area (Å²) in [6, 6.07) is 3.05. The number of aliphatic imine (C=N–C) groups is 1. The van der Waals surface area contributed by atoms with Crippen molar-refractivity contribution in [3.63, 3.8) is 0 Å². The fourth-order valence-electron chi connectivity index (χ4n) is 2.96. The fourth-order valence-corrected chi connectivity index (χ4v) is 2.96. The van der Waals surface area contributed by atoms with E-state index in [1.54, 1.807) is 0 Å². The van der Waals surface area contributed by atoms with Crippen LogP contribution in [0.25, 0.3) is 0 Å². The number of nitrogen functional groups attached to an aromatic ring is 1. The van der Waals surface area contributed by atoms with Gasteiger partial charge < -0.3 is 16.2 Å². The Hall–Kier alpha value is -1.92. The number of hydrogen-bond acceptors (Lipinski definition) is 4. The molecule has 0 saturated heterocycles. The lowest BCUT2D eigenvalue weighted by Crippen LogP contribution is -2.36. The highest BCUT2D eigenvalue weighted by Gasteiger charge is 2.53. The molecule has 1 aliphatic heterocycles. The number of amidine groups is 1. The summed E-state index contributed by atoms with van der Waals surface area (Å²) in [4.78, 5) is 4.01.